The lowest BCUT2D eigenvalue weighted by Gasteiger charge is -2.35. The molecule has 0 saturated carbocycles. The molecule has 2 amide bonds. The van der Waals surface area contributed by atoms with Crippen molar-refractivity contribution in [2.24, 2.45) is 5.92 Å². The number of fused-ring (bicyclic) bond motifs is 1. The van der Waals surface area contributed by atoms with E-state index in [0.717, 1.165) is 35.6 Å². The molecular formula is C23H25FN2O3S. The van der Waals surface area contributed by atoms with Crippen LogP contribution >= 0.6 is 11.8 Å². The molecule has 5 nitrogen and oxygen atoms in total. The second-order valence-electron chi connectivity index (χ2n) is 7.73. The number of amides is 2. The molecule has 4 rings (SSSR count). The maximum Gasteiger partial charge on any atom is 0.241 e. The lowest BCUT2D eigenvalue weighted by Crippen LogP contribution is -2.48. The average Bonchev–Trinajstić information content (AvgIpc) is 3.28. The molecule has 7 heteroatoms. The normalized spacial score (nSPS) is 21.9. The van der Waals surface area contributed by atoms with Gasteiger partial charge in [0, 0.05) is 18.0 Å². The highest BCUT2D eigenvalue weighted by Gasteiger charge is 2.39. The van der Waals surface area contributed by atoms with E-state index in [2.05, 4.69) is 5.32 Å². The minimum absolute atomic E-state index is 0.0616. The van der Waals surface area contributed by atoms with E-state index in [1.165, 1.54) is 23.9 Å². The van der Waals surface area contributed by atoms with E-state index in [4.69, 9.17) is 4.74 Å². The number of hydrogen-bond acceptors (Lipinski definition) is 4. The minimum atomic E-state index is -0.523. The number of ether oxygens (including phenoxy) is 1. The molecule has 2 aliphatic heterocycles. The molecule has 2 heterocycles. The Morgan fingerprint density at radius 3 is 2.77 bits per heavy atom. The van der Waals surface area contributed by atoms with E-state index in [1.807, 2.05) is 24.3 Å². The molecule has 0 radical (unpaired) electrons. The summed E-state index contributed by atoms with van der Waals surface area (Å²) in [6, 6.07) is 13.8. The van der Waals surface area contributed by atoms with Gasteiger partial charge in [0.05, 0.1) is 24.3 Å². The topological polar surface area (TPSA) is 58.6 Å². The molecule has 1 saturated heterocycles. The fourth-order valence-corrected chi connectivity index (χ4v) is 5.09. The summed E-state index contributed by atoms with van der Waals surface area (Å²) >= 11 is 1.43. The zero-order valence-corrected chi connectivity index (χ0v) is 17.7. The van der Waals surface area contributed by atoms with Gasteiger partial charge in [-0.25, -0.2) is 4.39 Å². The Kier molecular flexibility index (Phi) is 6.39. The zero-order valence-electron chi connectivity index (χ0n) is 16.8. The van der Waals surface area contributed by atoms with Crippen LogP contribution in [-0.2, 0) is 20.9 Å². The average molecular weight is 429 g/mol. The number of halogens is 1. The molecule has 1 fully saturated rings. The van der Waals surface area contributed by atoms with E-state index < -0.39 is 11.2 Å². The number of nitrogens with one attached hydrogen (secondary N) is 1. The van der Waals surface area contributed by atoms with Gasteiger partial charge in [-0.2, -0.15) is 0 Å². The lowest BCUT2D eigenvalue weighted by molar-refractivity contribution is -0.128. The zero-order chi connectivity index (χ0) is 21.1. The van der Waals surface area contributed by atoms with Crippen LogP contribution in [0.3, 0.4) is 0 Å². The van der Waals surface area contributed by atoms with Crippen molar-refractivity contribution in [1.82, 2.24) is 5.32 Å². The van der Waals surface area contributed by atoms with Crippen molar-refractivity contribution in [3.63, 3.8) is 0 Å². The Morgan fingerprint density at radius 1 is 1.27 bits per heavy atom. The molecule has 0 aliphatic carbocycles. The van der Waals surface area contributed by atoms with Gasteiger partial charge < -0.3 is 15.0 Å². The predicted octanol–water partition coefficient (Wildman–Crippen LogP) is 3.76. The van der Waals surface area contributed by atoms with Gasteiger partial charge in [-0.3, -0.25) is 9.59 Å². The second-order valence-corrected chi connectivity index (χ2v) is 8.91. The fourth-order valence-electron chi connectivity index (χ4n) is 3.81. The van der Waals surface area contributed by atoms with Crippen molar-refractivity contribution >= 4 is 29.3 Å². The highest BCUT2D eigenvalue weighted by atomic mass is 32.2. The van der Waals surface area contributed by atoms with Gasteiger partial charge in [-0.1, -0.05) is 31.2 Å². The van der Waals surface area contributed by atoms with Crippen LogP contribution < -0.4 is 10.2 Å². The molecule has 30 heavy (non-hydrogen) atoms. The predicted molar refractivity (Wildman–Crippen MR) is 115 cm³/mol. The van der Waals surface area contributed by atoms with E-state index in [9.17, 15) is 14.0 Å². The molecule has 2 aliphatic rings. The third kappa shape index (κ3) is 4.52. The number of rotatable bonds is 6. The number of carbonyl (C=O) groups is 2. The van der Waals surface area contributed by atoms with Crippen molar-refractivity contribution in [2.45, 2.75) is 42.6 Å². The summed E-state index contributed by atoms with van der Waals surface area (Å²) in [5, 5.41) is 2.42. The van der Waals surface area contributed by atoms with E-state index in [1.54, 1.807) is 24.0 Å². The Morgan fingerprint density at radius 2 is 2.03 bits per heavy atom. The first-order chi connectivity index (χ1) is 14.5. The van der Waals surface area contributed by atoms with Gasteiger partial charge in [0.2, 0.25) is 11.8 Å². The maximum atomic E-state index is 13.4. The third-order valence-corrected chi connectivity index (χ3v) is 7.03. The first-order valence-corrected chi connectivity index (χ1v) is 11.1. The van der Waals surface area contributed by atoms with Crippen LogP contribution in [-0.4, -0.2) is 36.3 Å². The molecule has 2 aromatic carbocycles. The minimum Gasteiger partial charge on any atom is -0.376 e. The summed E-state index contributed by atoms with van der Waals surface area (Å²) in [5.74, 6) is -1.05. The largest absolute Gasteiger partial charge is 0.376 e. The van der Waals surface area contributed by atoms with Crippen molar-refractivity contribution in [3.8, 4) is 0 Å². The number of carbonyl (C=O) groups excluding carboxylic acids is 2. The molecular weight excluding hydrogens is 403 g/mol. The van der Waals surface area contributed by atoms with Gasteiger partial charge in [-0.05, 0) is 42.7 Å². The molecule has 0 bridgehead atoms. The first kappa shape index (κ1) is 20.9. The fraction of sp³-hybridized carbons (Fsp3) is 0.391. The number of benzene rings is 2. The van der Waals surface area contributed by atoms with Crippen LogP contribution in [0.5, 0.6) is 0 Å². The van der Waals surface area contributed by atoms with Crippen LogP contribution in [0.1, 0.15) is 25.3 Å². The Bertz CT molecular complexity index is 915. The molecule has 158 valence electrons. The van der Waals surface area contributed by atoms with Crippen molar-refractivity contribution in [2.75, 3.05) is 18.1 Å². The molecule has 3 atom stereocenters. The number of anilines is 1. The summed E-state index contributed by atoms with van der Waals surface area (Å²) in [6.45, 7) is 3.34. The highest BCUT2D eigenvalue weighted by Crippen LogP contribution is 2.42. The van der Waals surface area contributed by atoms with Crippen LogP contribution in [0.25, 0.3) is 0 Å². The smallest absolute Gasteiger partial charge is 0.241 e. The van der Waals surface area contributed by atoms with Crippen LogP contribution in [0.2, 0.25) is 0 Å². The Hall–Kier alpha value is -2.38. The summed E-state index contributed by atoms with van der Waals surface area (Å²) in [5.41, 5.74) is 1.65. The quantitative estimate of drug-likeness (QED) is 0.761. The highest BCUT2D eigenvalue weighted by molar-refractivity contribution is 8.01. The number of nitrogens with zero attached hydrogens (tertiary/aromatic N) is 1. The van der Waals surface area contributed by atoms with E-state index in [0.29, 0.717) is 13.1 Å². The SMILES string of the molecule is C[C@H](C(=O)NC[C@H]1CCCO1)[C@@H]1Sc2ccccc2N(Cc2ccc(F)cc2)C1=O. The molecule has 0 unspecified atom stereocenters. The maximum absolute atomic E-state index is 13.4. The summed E-state index contributed by atoms with van der Waals surface area (Å²) in [7, 11) is 0. The first-order valence-electron chi connectivity index (χ1n) is 10.2. The summed E-state index contributed by atoms with van der Waals surface area (Å²) < 4.78 is 18.9. The third-order valence-electron chi connectivity index (χ3n) is 5.57. The summed E-state index contributed by atoms with van der Waals surface area (Å²) in [6.07, 6.45) is 2.03. The second kappa shape index (κ2) is 9.18. The lowest BCUT2D eigenvalue weighted by atomic mass is 10.0. The van der Waals surface area contributed by atoms with E-state index >= 15 is 0 Å². The van der Waals surface area contributed by atoms with E-state index in [-0.39, 0.29) is 23.7 Å². The molecule has 0 aromatic heterocycles. The van der Waals surface area contributed by atoms with Gasteiger partial charge in [0.25, 0.3) is 0 Å². The molecule has 1 N–H and O–H groups in total. The number of hydrogen-bond donors (Lipinski definition) is 1. The van der Waals surface area contributed by atoms with Gasteiger partial charge >= 0.3 is 0 Å². The van der Waals surface area contributed by atoms with Crippen molar-refractivity contribution < 1.29 is 18.7 Å². The van der Waals surface area contributed by atoms with Gasteiger partial charge in [-0.15, -0.1) is 11.8 Å². The number of thioether (sulfide) groups is 1. The monoisotopic (exact) mass is 428 g/mol. The van der Waals surface area contributed by atoms with Crippen LogP contribution in [0.15, 0.2) is 53.4 Å². The van der Waals surface area contributed by atoms with Crippen LogP contribution in [0, 0.1) is 11.7 Å². The molecule has 2 aromatic rings. The Balaban J connectivity index is 1.51. The van der Waals surface area contributed by atoms with Gasteiger partial charge in [0.15, 0.2) is 0 Å². The van der Waals surface area contributed by atoms with Gasteiger partial charge in [0.1, 0.15) is 11.1 Å². The Labute approximate surface area is 180 Å². The van der Waals surface area contributed by atoms with Crippen LogP contribution in [0.4, 0.5) is 10.1 Å². The number of para-hydroxylation sites is 1. The van der Waals surface area contributed by atoms with Crippen molar-refractivity contribution in [1.29, 1.82) is 0 Å². The van der Waals surface area contributed by atoms with Crippen molar-refractivity contribution in [3.05, 3.63) is 59.9 Å². The standard InChI is InChI=1S/C23H25FN2O3S/c1-15(22(27)25-13-18-5-4-12-29-18)21-23(28)26(14-16-8-10-17(24)11-9-16)19-6-2-3-7-20(19)30-21/h2-3,6-11,15,18,21H,4-5,12-14H2,1H3,(H,25,27)/t15-,18+,21-/m0/s1. The summed E-state index contributed by atoms with van der Waals surface area (Å²) in [4.78, 5) is 28.8. The molecule has 0 spiro atoms.